The molecule has 5 heteroatoms. The van der Waals surface area contributed by atoms with Crippen LogP contribution in [0.3, 0.4) is 0 Å². The van der Waals surface area contributed by atoms with Crippen molar-refractivity contribution in [1.29, 1.82) is 0 Å². The predicted molar refractivity (Wildman–Crippen MR) is 55.0 cm³/mol. The summed E-state index contributed by atoms with van der Waals surface area (Å²) in [5.41, 5.74) is 0. The van der Waals surface area contributed by atoms with Crippen LogP contribution >= 0.6 is 0 Å². The van der Waals surface area contributed by atoms with Gasteiger partial charge in [0.15, 0.2) is 0 Å². The Bertz CT molecular complexity index is 295. The monoisotopic (exact) mass is 196 g/mol. The van der Waals surface area contributed by atoms with Crippen LogP contribution in [0.15, 0.2) is 12.3 Å². The molecule has 1 aromatic rings. The van der Waals surface area contributed by atoms with Gasteiger partial charge in [-0.15, -0.1) is 0 Å². The van der Waals surface area contributed by atoms with Crippen LogP contribution in [0.25, 0.3) is 0 Å². The van der Waals surface area contributed by atoms with Gasteiger partial charge in [0.2, 0.25) is 5.91 Å². The number of carbonyl (C=O) groups excluding carboxylic acids is 1. The topological polar surface area (TPSA) is 59.0 Å². The zero-order valence-corrected chi connectivity index (χ0v) is 8.58. The van der Waals surface area contributed by atoms with Gasteiger partial charge in [-0.05, 0) is 20.0 Å². The van der Waals surface area contributed by atoms with E-state index in [4.69, 9.17) is 0 Å². The summed E-state index contributed by atoms with van der Waals surface area (Å²) < 4.78 is 1.63. The van der Waals surface area contributed by atoms with Crippen LogP contribution in [-0.4, -0.2) is 29.3 Å². The molecule has 1 aromatic heterocycles. The lowest BCUT2D eigenvalue weighted by atomic mass is 10.3. The van der Waals surface area contributed by atoms with Crippen LogP contribution in [0, 0.1) is 0 Å². The number of hydrogen-bond acceptors (Lipinski definition) is 3. The number of nitrogens with one attached hydrogen (secondary N) is 2. The Hall–Kier alpha value is -1.36. The summed E-state index contributed by atoms with van der Waals surface area (Å²) in [7, 11) is 3.67. The molecule has 0 spiro atoms. The minimum Gasteiger partial charge on any atom is -0.320 e. The van der Waals surface area contributed by atoms with E-state index in [1.807, 2.05) is 7.05 Å². The summed E-state index contributed by atoms with van der Waals surface area (Å²) in [5, 5.41) is 9.73. The fourth-order valence-electron chi connectivity index (χ4n) is 1.13. The third-order valence-corrected chi connectivity index (χ3v) is 1.92. The maximum Gasteiger partial charge on any atom is 0.225 e. The maximum absolute atomic E-state index is 11.4. The van der Waals surface area contributed by atoms with Crippen molar-refractivity contribution in [3.05, 3.63) is 12.3 Å². The quantitative estimate of drug-likeness (QED) is 0.668. The van der Waals surface area contributed by atoms with Crippen LogP contribution in [0.1, 0.15) is 12.8 Å². The maximum atomic E-state index is 11.4. The fraction of sp³-hybridized carbons (Fsp3) is 0.556. The molecule has 0 saturated heterocycles. The summed E-state index contributed by atoms with van der Waals surface area (Å²) in [6, 6.07) is 1.77. The van der Waals surface area contributed by atoms with Gasteiger partial charge in [-0.1, -0.05) is 0 Å². The number of aryl methyl sites for hydroxylation is 1. The number of rotatable bonds is 5. The second-order valence-electron chi connectivity index (χ2n) is 3.10. The number of amides is 1. The van der Waals surface area contributed by atoms with E-state index in [1.165, 1.54) is 0 Å². The first-order valence-electron chi connectivity index (χ1n) is 4.66. The number of nitrogens with zero attached hydrogens (tertiary/aromatic N) is 2. The van der Waals surface area contributed by atoms with E-state index < -0.39 is 0 Å². The zero-order valence-electron chi connectivity index (χ0n) is 8.58. The molecule has 1 heterocycles. The second-order valence-corrected chi connectivity index (χ2v) is 3.10. The SMILES string of the molecule is CNCCCC(=O)Nc1ccnn1C. The largest absolute Gasteiger partial charge is 0.320 e. The van der Waals surface area contributed by atoms with Gasteiger partial charge in [0.05, 0.1) is 6.20 Å². The third kappa shape index (κ3) is 3.18. The van der Waals surface area contributed by atoms with E-state index in [1.54, 1.807) is 24.0 Å². The molecule has 0 aromatic carbocycles. The minimum absolute atomic E-state index is 0.0313. The number of anilines is 1. The first kappa shape index (κ1) is 10.7. The van der Waals surface area contributed by atoms with Crippen LogP contribution < -0.4 is 10.6 Å². The van der Waals surface area contributed by atoms with Crippen molar-refractivity contribution in [2.75, 3.05) is 18.9 Å². The van der Waals surface area contributed by atoms with Crippen molar-refractivity contribution in [2.24, 2.45) is 7.05 Å². The highest BCUT2D eigenvalue weighted by molar-refractivity contribution is 5.89. The summed E-state index contributed by atoms with van der Waals surface area (Å²) in [6.07, 6.45) is 3.04. The van der Waals surface area contributed by atoms with Gasteiger partial charge in [-0.3, -0.25) is 9.48 Å². The lowest BCUT2D eigenvalue weighted by Crippen LogP contribution is -2.16. The van der Waals surface area contributed by atoms with Crippen molar-refractivity contribution in [2.45, 2.75) is 12.8 Å². The molecule has 1 rings (SSSR count). The lowest BCUT2D eigenvalue weighted by molar-refractivity contribution is -0.116. The van der Waals surface area contributed by atoms with E-state index in [-0.39, 0.29) is 5.91 Å². The summed E-state index contributed by atoms with van der Waals surface area (Å²) in [6.45, 7) is 0.860. The fourth-order valence-corrected chi connectivity index (χ4v) is 1.13. The Morgan fingerprint density at radius 1 is 1.64 bits per heavy atom. The third-order valence-electron chi connectivity index (χ3n) is 1.92. The number of aromatic nitrogens is 2. The van der Waals surface area contributed by atoms with Crippen LogP contribution in [0.5, 0.6) is 0 Å². The van der Waals surface area contributed by atoms with E-state index in [9.17, 15) is 4.79 Å². The van der Waals surface area contributed by atoms with Crippen LogP contribution in [-0.2, 0) is 11.8 Å². The predicted octanol–water partition coefficient (Wildman–Crippen LogP) is 0.358. The first-order chi connectivity index (χ1) is 6.74. The number of carbonyl (C=O) groups is 1. The molecule has 0 fully saturated rings. The highest BCUT2D eigenvalue weighted by atomic mass is 16.1. The van der Waals surface area contributed by atoms with Crippen molar-refractivity contribution in [1.82, 2.24) is 15.1 Å². The summed E-state index contributed by atoms with van der Waals surface area (Å²) in [5.74, 6) is 0.767. The van der Waals surface area contributed by atoms with Crippen molar-refractivity contribution in [3.63, 3.8) is 0 Å². The van der Waals surface area contributed by atoms with Gasteiger partial charge < -0.3 is 10.6 Å². The molecule has 0 bridgehead atoms. The van der Waals surface area contributed by atoms with E-state index >= 15 is 0 Å². The average molecular weight is 196 g/mol. The Balaban J connectivity index is 2.31. The van der Waals surface area contributed by atoms with Gasteiger partial charge >= 0.3 is 0 Å². The molecule has 0 atom stereocenters. The van der Waals surface area contributed by atoms with Gasteiger partial charge in [0.1, 0.15) is 5.82 Å². The summed E-state index contributed by atoms with van der Waals surface area (Å²) in [4.78, 5) is 11.4. The van der Waals surface area contributed by atoms with Crippen molar-refractivity contribution in [3.8, 4) is 0 Å². The van der Waals surface area contributed by atoms with Crippen molar-refractivity contribution < 1.29 is 4.79 Å². The van der Waals surface area contributed by atoms with Crippen molar-refractivity contribution >= 4 is 11.7 Å². The molecule has 0 radical (unpaired) electrons. The molecule has 0 aliphatic carbocycles. The molecule has 0 saturated carbocycles. The molecule has 0 aliphatic rings. The van der Waals surface area contributed by atoms with E-state index in [0.717, 1.165) is 18.8 Å². The Morgan fingerprint density at radius 2 is 2.43 bits per heavy atom. The minimum atomic E-state index is 0.0313. The Morgan fingerprint density at radius 3 is 3.00 bits per heavy atom. The molecule has 14 heavy (non-hydrogen) atoms. The first-order valence-corrected chi connectivity index (χ1v) is 4.66. The Kier molecular flexibility index (Phi) is 4.12. The standard InChI is InChI=1S/C9H16N4O/c1-10-6-3-4-9(14)12-8-5-7-11-13(8)2/h5,7,10H,3-4,6H2,1-2H3,(H,12,14). The molecule has 5 nitrogen and oxygen atoms in total. The molecule has 78 valence electrons. The highest BCUT2D eigenvalue weighted by Crippen LogP contribution is 2.04. The van der Waals surface area contributed by atoms with Gasteiger partial charge in [0, 0.05) is 19.5 Å². The van der Waals surface area contributed by atoms with Gasteiger partial charge in [0.25, 0.3) is 0 Å². The molecule has 2 N–H and O–H groups in total. The molecule has 1 amide bonds. The summed E-state index contributed by atoms with van der Waals surface area (Å²) >= 11 is 0. The Labute approximate surface area is 83.5 Å². The highest BCUT2D eigenvalue weighted by Gasteiger charge is 2.03. The molecule has 0 aliphatic heterocycles. The second kappa shape index (κ2) is 5.39. The smallest absolute Gasteiger partial charge is 0.225 e. The molecule has 0 unspecified atom stereocenters. The zero-order chi connectivity index (χ0) is 10.4. The molecular formula is C9H16N4O. The number of hydrogen-bond donors (Lipinski definition) is 2. The van der Waals surface area contributed by atoms with Gasteiger partial charge in [-0.2, -0.15) is 5.10 Å². The van der Waals surface area contributed by atoms with E-state index in [0.29, 0.717) is 6.42 Å². The lowest BCUT2D eigenvalue weighted by Gasteiger charge is -2.04. The van der Waals surface area contributed by atoms with Crippen LogP contribution in [0.4, 0.5) is 5.82 Å². The average Bonchev–Trinajstić information content (AvgIpc) is 2.52. The van der Waals surface area contributed by atoms with Crippen LogP contribution in [0.2, 0.25) is 0 Å². The van der Waals surface area contributed by atoms with E-state index in [2.05, 4.69) is 15.7 Å². The molecular weight excluding hydrogens is 180 g/mol. The normalized spacial score (nSPS) is 10.1. The van der Waals surface area contributed by atoms with Gasteiger partial charge in [-0.25, -0.2) is 0 Å².